The van der Waals surface area contributed by atoms with E-state index in [1.54, 1.807) is 53.6 Å². The maximum atomic E-state index is 12.7. The molecule has 0 amide bonds. The summed E-state index contributed by atoms with van der Waals surface area (Å²) >= 11 is 3.48. The summed E-state index contributed by atoms with van der Waals surface area (Å²) in [5.74, 6) is 9.18. The lowest BCUT2D eigenvalue weighted by Gasteiger charge is -2.20. The molecular formula is C119H205FN14OS2. The number of imidazole rings is 1. The first-order valence-corrected chi connectivity index (χ1v) is 49.9. The van der Waals surface area contributed by atoms with Gasteiger partial charge in [-0.2, -0.15) is 10.2 Å². The van der Waals surface area contributed by atoms with Crippen LogP contribution in [-0.2, 0) is 59.0 Å². The Bertz CT molecular complexity index is 4250. The SMILES string of the molecule is C.C.C.C.C.C.C.C=C1C=CC(CC(C)C)=CN1C.CC(=O)c1cccc(CC(C)C)c1.CC(C)CC1=CC=CC1.CC(C)CC1=CCC=N1.CC(C)CC1=CCN=C1.CC(C)CC1=CCN=C1.CC(C)CC1=NCC=C1.CC(C)Cc1ccc(F)c(N)c1.CC(C)Cc1ccn(C)n1.CC(C)Cc1cnc[nH]1.CC(C)Cc1cnn(C)c1.CC(C)Cc1nccs1.Cc1nc(CC(C)C)cs1. The molecule has 13 rings (SSSR count). The van der Waals surface area contributed by atoms with Crippen LogP contribution in [0, 0.1) is 89.7 Å². The average molecular weight is 1930 g/mol. The number of Topliss-reactive ketones (excluding diaryl/α,β-unsaturated/α-hetero) is 1. The number of nitrogens with one attached hydrogen (secondary N) is 1. The lowest BCUT2D eigenvalue weighted by atomic mass is 10.00. The Morgan fingerprint density at radius 2 is 1.06 bits per heavy atom. The highest BCUT2D eigenvalue weighted by Crippen LogP contribution is 2.23. The van der Waals surface area contributed by atoms with Crippen LogP contribution in [0.15, 0.2) is 224 Å². The number of aromatic amines is 1. The molecule has 0 unspecified atom stereocenters. The highest BCUT2D eigenvalue weighted by molar-refractivity contribution is 7.09. The fourth-order valence-electron chi connectivity index (χ4n) is 13.5. The molecule has 6 aliphatic rings. The molecule has 0 bridgehead atoms. The Kier molecular flexibility index (Phi) is 85.1. The number of carbonyl (C=O) groups excluding carboxylic acids is 1. The third-order valence-electron chi connectivity index (χ3n) is 18.8. The number of nitrogens with zero attached hydrogens (tertiary/aromatic N) is 12. The lowest BCUT2D eigenvalue weighted by molar-refractivity contribution is 0.101. The second kappa shape index (κ2) is 82.7. The van der Waals surface area contributed by atoms with Crippen LogP contribution < -0.4 is 5.73 Å². The van der Waals surface area contributed by atoms with Crippen molar-refractivity contribution in [1.82, 2.24) is 44.4 Å². The number of nitrogen functional groups attached to an aromatic ring is 1. The number of likely N-dealkylation sites (N-methyl/N-ethyl adjacent to an activating group) is 1. The minimum absolute atomic E-state index is 0. The Balaban J connectivity index is -0.000000267. The molecule has 0 saturated carbocycles. The van der Waals surface area contributed by atoms with Crippen LogP contribution in [0.1, 0.15) is 344 Å². The summed E-state index contributed by atoms with van der Waals surface area (Å²) in [4.78, 5) is 45.4. The van der Waals surface area contributed by atoms with Crippen molar-refractivity contribution in [3.05, 3.63) is 259 Å². The van der Waals surface area contributed by atoms with E-state index in [0.717, 1.165) is 160 Å². The summed E-state index contributed by atoms with van der Waals surface area (Å²) < 4.78 is 16.4. The van der Waals surface area contributed by atoms with E-state index in [1.807, 2.05) is 97.5 Å². The highest BCUT2D eigenvalue weighted by Gasteiger charge is 2.11. The van der Waals surface area contributed by atoms with Gasteiger partial charge in [0.1, 0.15) is 5.82 Å². The van der Waals surface area contributed by atoms with Crippen molar-refractivity contribution in [2.45, 2.75) is 342 Å². The second-order valence-electron chi connectivity index (χ2n) is 39.9. The number of thiazole rings is 2. The Labute approximate surface area is 851 Å². The topological polar surface area (TPSA) is 186 Å². The number of anilines is 1. The zero-order valence-corrected chi connectivity index (χ0v) is 88.4. The number of aromatic nitrogens is 8. The van der Waals surface area contributed by atoms with Crippen LogP contribution in [0.5, 0.6) is 0 Å². The van der Waals surface area contributed by atoms with E-state index in [0.29, 0.717) is 23.7 Å². The molecule has 137 heavy (non-hydrogen) atoms. The molecule has 7 aromatic rings. The summed E-state index contributed by atoms with van der Waals surface area (Å²) in [6, 6.07) is 14.9. The number of aliphatic imine (C=N–C) groups is 4. The minimum atomic E-state index is -0.331. The van der Waals surface area contributed by atoms with E-state index in [4.69, 9.17) is 5.73 Å². The van der Waals surface area contributed by atoms with Crippen LogP contribution in [-0.4, -0.2) is 101 Å². The molecule has 1 aliphatic carbocycles. The third-order valence-corrected chi connectivity index (χ3v) is 20.5. The number of hydrogen-bond donors (Lipinski definition) is 2. The quantitative estimate of drug-likeness (QED) is 0.0376. The average Bonchev–Trinajstić information content (AvgIpc) is 1.89. The fourth-order valence-corrected chi connectivity index (χ4v) is 14.9. The van der Waals surface area contributed by atoms with Gasteiger partial charge in [0, 0.05) is 123 Å². The molecule has 3 N–H and O–H groups in total. The van der Waals surface area contributed by atoms with Crippen LogP contribution in [0.3, 0.4) is 0 Å². The van der Waals surface area contributed by atoms with E-state index in [2.05, 4.69) is 339 Å². The van der Waals surface area contributed by atoms with E-state index in [1.165, 1.54) is 98.1 Å². The summed E-state index contributed by atoms with van der Waals surface area (Å²) in [5.41, 5.74) is 23.2. The molecule has 5 aliphatic heterocycles. The van der Waals surface area contributed by atoms with Crippen molar-refractivity contribution in [2.75, 3.05) is 32.4 Å². The van der Waals surface area contributed by atoms with Gasteiger partial charge in [0.05, 0.1) is 59.2 Å². The molecule has 2 aromatic carbocycles. The Morgan fingerprint density at radius 1 is 0.533 bits per heavy atom. The maximum Gasteiger partial charge on any atom is 0.159 e. The van der Waals surface area contributed by atoms with Crippen molar-refractivity contribution < 1.29 is 9.18 Å². The highest BCUT2D eigenvalue weighted by atomic mass is 32.1. The molecule has 10 heterocycles. The number of rotatable bonds is 27. The first kappa shape index (κ1) is 141. The summed E-state index contributed by atoms with van der Waals surface area (Å²) in [6.07, 6.45) is 58.0. The molecule has 0 spiro atoms. The smallest absolute Gasteiger partial charge is 0.159 e. The summed E-state index contributed by atoms with van der Waals surface area (Å²) in [7, 11) is 5.93. The summed E-state index contributed by atoms with van der Waals surface area (Å²) in [5, 5.41) is 15.0. The van der Waals surface area contributed by atoms with Crippen molar-refractivity contribution in [1.29, 1.82) is 0 Å². The van der Waals surface area contributed by atoms with Crippen LogP contribution in [0.2, 0.25) is 0 Å². The number of ketones is 1. The lowest BCUT2D eigenvalue weighted by Crippen LogP contribution is -2.11. The summed E-state index contributed by atoms with van der Waals surface area (Å²) in [6.45, 7) is 67.7. The van der Waals surface area contributed by atoms with Crippen LogP contribution >= 0.6 is 22.7 Å². The molecule has 0 fully saturated rings. The number of halogens is 1. The molecule has 5 aromatic heterocycles. The molecule has 776 valence electrons. The number of benzene rings is 2. The van der Waals surface area contributed by atoms with Gasteiger partial charge < -0.3 is 15.6 Å². The zero-order chi connectivity index (χ0) is 97.6. The van der Waals surface area contributed by atoms with Gasteiger partial charge in [-0.1, -0.05) is 317 Å². The first-order valence-electron chi connectivity index (χ1n) is 48.1. The van der Waals surface area contributed by atoms with Gasteiger partial charge in [0.15, 0.2) is 5.78 Å². The molecular weight excluding hydrogens is 1720 g/mol. The monoisotopic (exact) mass is 1930 g/mol. The number of H-pyrrole nitrogens is 1. The van der Waals surface area contributed by atoms with Gasteiger partial charge in [0.2, 0.25) is 0 Å². The number of allylic oxidation sites excluding steroid dienone is 12. The van der Waals surface area contributed by atoms with Gasteiger partial charge in [-0.15, -0.1) is 22.7 Å². The van der Waals surface area contributed by atoms with Gasteiger partial charge in [-0.25, -0.2) is 19.3 Å². The number of carbonyl (C=O) groups is 1. The van der Waals surface area contributed by atoms with E-state index in [9.17, 15) is 9.18 Å². The van der Waals surface area contributed by atoms with Gasteiger partial charge in [0.25, 0.3) is 0 Å². The first-order chi connectivity index (χ1) is 61.3. The number of hydrogen-bond acceptors (Lipinski definition) is 14. The minimum Gasteiger partial charge on any atom is -0.396 e. The normalized spacial score (nSPS) is 12.8. The molecule has 0 radical (unpaired) electrons. The van der Waals surface area contributed by atoms with Gasteiger partial charge in [-0.05, 0) is 244 Å². The van der Waals surface area contributed by atoms with Crippen molar-refractivity contribution in [3.63, 3.8) is 0 Å². The molecule has 0 saturated heterocycles. The van der Waals surface area contributed by atoms with E-state index >= 15 is 0 Å². The molecule has 0 atom stereocenters. The molecule has 18 heteroatoms. The van der Waals surface area contributed by atoms with Crippen molar-refractivity contribution in [3.8, 4) is 0 Å². The maximum absolute atomic E-state index is 12.7. The second-order valence-corrected chi connectivity index (χ2v) is 41.9. The van der Waals surface area contributed by atoms with E-state index in [-0.39, 0.29) is 69.3 Å². The van der Waals surface area contributed by atoms with Gasteiger partial charge >= 0.3 is 0 Å². The standard InChI is InChI=1S/C12H16O.C11H17N.C10H14FN.C9H14.2C8H14N2.C8H13NS.4C8H13N.C7H12N2.C7H11NS.7CH4/c1-9(2)7-11-5-4-6-12(8-11)10(3)13;1-9(2)7-11-6-5-10(3)12(4)8-11;1-7(2)5-8-3-4-9(11)10(12)6-8;1-8(2)7-9-5-3-4-6-9;1-7(2)4-8-5-9-10(3)6-8;1-7(2)6-8-4-5-10(3)9-8;1-6(2)4-8-5-10-7(3)9-8;2*1-7(2)5-8-3-4-9-6-8;2*1-7(2)6-8-4-3-5-9-8;1-6(2)3-7-4-8-5-9-7;1-6(2)5-7-8-3-4-9-7;;;;;;;/h4-6,8-9H,7H2,1-3H3;5-6,8-9H,3,7H2,1-2,4H3;3-4,6-7H,5,12H2,1-2H3;3-5,8H,6-7H2,1-2H3;5-7H,4H2,1-3H3;4-5,7H,6H2,1-3H3;5-6H,4H2,1-3H3;2*3,6-7H,4-5H2,1-2H3;4-5,7H,3,6H2,1-2H3;3-4,7H,5-6H2,1-2H3;4-6H,3H2,1-2H3,(H,8,9);3-4,6H,5H2,1-2H3;7*1H4. The third kappa shape index (κ3) is 78.4. The van der Waals surface area contributed by atoms with Crippen molar-refractivity contribution in [2.24, 2.45) is 111 Å². The predicted molar refractivity (Wildman–Crippen MR) is 616 cm³/mol. The number of aryl methyl sites for hydroxylation is 3. The number of nitrogens with two attached hydrogens (primary N) is 1. The van der Waals surface area contributed by atoms with Crippen molar-refractivity contribution >= 4 is 58.5 Å². The molecule has 15 nitrogen and oxygen atoms in total. The van der Waals surface area contributed by atoms with Gasteiger partial charge in [-0.3, -0.25) is 34.1 Å². The largest absolute Gasteiger partial charge is 0.396 e. The van der Waals surface area contributed by atoms with E-state index < -0.39 is 0 Å². The zero-order valence-electron chi connectivity index (χ0n) is 86.8. The Morgan fingerprint density at radius 3 is 1.45 bits per heavy atom. The predicted octanol–water partition coefficient (Wildman–Crippen LogP) is 34.4. The van der Waals surface area contributed by atoms with Crippen LogP contribution in [0.25, 0.3) is 0 Å². The Hall–Kier alpha value is -9.13. The fraction of sp³-hybridized carbons (Fsp3) is 0.580. The van der Waals surface area contributed by atoms with Crippen LogP contribution in [0.4, 0.5) is 10.1 Å².